The third-order valence-corrected chi connectivity index (χ3v) is 4.10. The van der Waals surface area contributed by atoms with E-state index in [4.69, 9.17) is 21.1 Å². The highest BCUT2D eigenvalue weighted by Gasteiger charge is 2.40. The maximum atomic E-state index is 12.2. The van der Waals surface area contributed by atoms with Crippen molar-refractivity contribution in [2.45, 2.75) is 18.3 Å². The minimum absolute atomic E-state index is 0.0109. The minimum atomic E-state index is -1.00. The number of hydrogen-bond donors (Lipinski definition) is 1. The minimum Gasteiger partial charge on any atom is -0.480 e. The van der Waals surface area contributed by atoms with E-state index >= 15 is 0 Å². The van der Waals surface area contributed by atoms with Crippen LogP contribution < -0.4 is 0 Å². The number of carbonyl (C=O) groups excluding carboxylic acids is 1. The summed E-state index contributed by atoms with van der Waals surface area (Å²) in [4.78, 5) is 24.5. The largest absolute Gasteiger partial charge is 0.480 e. The first-order valence-electron chi connectivity index (χ1n) is 4.92. The van der Waals surface area contributed by atoms with Gasteiger partial charge in [-0.25, -0.2) is 4.79 Å². The fourth-order valence-electron chi connectivity index (χ4n) is 1.73. The molecular formula is C10H10ClNO4S. The normalized spacial score (nSPS) is 24.0. The lowest BCUT2D eigenvalue weighted by Gasteiger charge is -2.24. The first-order chi connectivity index (χ1) is 8.02. The summed E-state index contributed by atoms with van der Waals surface area (Å²) in [6.07, 6.45) is 1.30. The molecule has 1 fully saturated rings. The number of rotatable bonds is 2. The second-order valence-corrected chi connectivity index (χ2v) is 5.30. The number of halogens is 1. The molecule has 1 aliphatic rings. The zero-order valence-electron chi connectivity index (χ0n) is 8.92. The van der Waals surface area contributed by atoms with E-state index in [1.54, 1.807) is 6.92 Å². The maximum Gasteiger partial charge on any atom is 0.327 e. The van der Waals surface area contributed by atoms with Gasteiger partial charge < -0.3 is 14.4 Å². The highest BCUT2D eigenvalue weighted by molar-refractivity contribution is 8.00. The molecule has 2 unspecified atom stereocenters. The SMILES string of the molecule is CC1SCC(C(=O)O)N1C(=O)c1ccoc1Cl. The first-order valence-corrected chi connectivity index (χ1v) is 6.35. The standard InChI is InChI=1S/C10H10ClNO4S/c1-5-12(7(4-17-5)10(14)15)9(13)6-2-3-16-8(6)11/h2-3,5,7H,4H2,1H3,(H,14,15). The van der Waals surface area contributed by atoms with Gasteiger partial charge in [0.15, 0.2) is 0 Å². The van der Waals surface area contributed by atoms with Crippen molar-refractivity contribution in [1.29, 1.82) is 0 Å². The fraction of sp³-hybridized carbons (Fsp3) is 0.400. The molecule has 1 saturated heterocycles. The van der Waals surface area contributed by atoms with E-state index in [1.807, 2.05) is 0 Å². The van der Waals surface area contributed by atoms with Crippen LogP contribution in [0.1, 0.15) is 17.3 Å². The summed E-state index contributed by atoms with van der Waals surface area (Å²) in [5.74, 6) is -1.03. The van der Waals surface area contributed by atoms with Gasteiger partial charge in [0, 0.05) is 5.75 Å². The summed E-state index contributed by atoms with van der Waals surface area (Å²) in [6.45, 7) is 1.79. The van der Waals surface area contributed by atoms with E-state index in [2.05, 4.69) is 0 Å². The number of hydrogen-bond acceptors (Lipinski definition) is 4. The average Bonchev–Trinajstić information content (AvgIpc) is 2.83. The highest BCUT2D eigenvalue weighted by atomic mass is 35.5. The average molecular weight is 276 g/mol. The molecule has 1 amide bonds. The summed E-state index contributed by atoms with van der Waals surface area (Å²) in [6, 6.07) is 0.632. The molecule has 0 saturated carbocycles. The molecule has 1 aromatic rings. The van der Waals surface area contributed by atoms with Gasteiger partial charge in [-0.3, -0.25) is 4.79 Å². The monoisotopic (exact) mass is 275 g/mol. The third-order valence-electron chi connectivity index (χ3n) is 2.59. The molecule has 0 aromatic carbocycles. The summed E-state index contributed by atoms with van der Waals surface area (Å²) in [7, 11) is 0. The lowest BCUT2D eigenvalue weighted by molar-refractivity contribution is -0.141. The van der Waals surface area contributed by atoms with E-state index in [0.717, 1.165) is 0 Å². The molecule has 2 atom stereocenters. The highest BCUT2D eigenvalue weighted by Crippen LogP contribution is 2.31. The van der Waals surface area contributed by atoms with E-state index < -0.39 is 17.9 Å². The number of carbonyl (C=O) groups is 2. The predicted molar refractivity (Wildman–Crippen MR) is 63.2 cm³/mol. The van der Waals surface area contributed by atoms with Crippen LogP contribution in [0.3, 0.4) is 0 Å². The van der Waals surface area contributed by atoms with Crippen molar-refractivity contribution in [3.05, 3.63) is 23.1 Å². The smallest absolute Gasteiger partial charge is 0.327 e. The molecule has 17 heavy (non-hydrogen) atoms. The van der Waals surface area contributed by atoms with Crippen LogP contribution >= 0.6 is 23.4 Å². The molecule has 5 nitrogen and oxygen atoms in total. The molecule has 2 rings (SSSR count). The zero-order chi connectivity index (χ0) is 12.6. The van der Waals surface area contributed by atoms with E-state index in [-0.39, 0.29) is 16.2 Å². The van der Waals surface area contributed by atoms with Crippen LogP contribution in [0.2, 0.25) is 5.22 Å². The number of thioether (sulfide) groups is 1. The first kappa shape index (κ1) is 12.3. The molecule has 92 valence electrons. The molecule has 1 aliphatic heterocycles. The number of aliphatic carboxylic acids is 1. The van der Waals surface area contributed by atoms with Crippen molar-refractivity contribution in [3.8, 4) is 0 Å². The molecule has 0 radical (unpaired) electrons. The number of carboxylic acid groups (broad SMARTS) is 1. The summed E-state index contributed by atoms with van der Waals surface area (Å²) in [5.41, 5.74) is 0.201. The fourth-order valence-corrected chi connectivity index (χ4v) is 3.09. The Morgan fingerprint density at radius 3 is 2.88 bits per heavy atom. The molecule has 7 heteroatoms. The molecule has 0 spiro atoms. The van der Waals surface area contributed by atoms with Crippen molar-refractivity contribution in [2.75, 3.05) is 5.75 Å². The van der Waals surface area contributed by atoms with Gasteiger partial charge >= 0.3 is 5.97 Å². The van der Waals surface area contributed by atoms with Crippen LogP contribution in [-0.4, -0.2) is 39.1 Å². The quantitative estimate of drug-likeness (QED) is 0.893. The number of carboxylic acids is 1. The van der Waals surface area contributed by atoms with Crippen molar-refractivity contribution < 1.29 is 19.1 Å². The van der Waals surface area contributed by atoms with Gasteiger partial charge in [0.2, 0.25) is 5.22 Å². The van der Waals surface area contributed by atoms with Gasteiger partial charge in [-0.15, -0.1) is 11.8 Å². The Balaban J connectivity index is 2.29. The second kappa shape index (κ2) is 4.62. The van der Waals surface area contributed by atoms with Crippen LogP contribution in [0, 0.1) is 0 Å². The van der Waals surface area contributed by atoms with E-state index in [0.29, 0.717) is 5.75 Å². The van der Waals surface area contributed by atoms with E-state index in [9.17, 15) is 9.59 Å². The molecule has 2 heterocycles. The number of amides is 1. The Hall–Kier alpha value is -1.14. The Morgan fingerprint density at radius 2 is 2.35 bits per heavy atom. The van der Waals surface area contributed by atoms with Gasteiger partial charge in [0.1, 0.15) is 6.04 Å². The molecule has 0 bridgehead atoms. The van der Waals surface area contributed by atoms with Crippen LogP contribution in [0.4, 0.5) is 0 Å². The van der Waals surface area contributed by atoms with Crippen LogP contribution in [-0.2, 0) is 4.79 Å². The Bertz CT molecular complexity index is 461. The van der Waals surface area contributed by atoms with Crippen molar-refractivity contribution >= 4 is 35.2 Å². The Morgan fingerprint density at radius 1 is 1.65 bits per heavy atom. The number of nitrogens with zero attached hydrogens (tertiary/aromatic N) is 1. The Labute approximate surface area is 107 Å². The van der Waals surface area contributed by atoms with E-state index in [1.165, 1.54) is 29.0 Å². The van der Waals surface area contributed by atoms with Gasteiger partial charge in [0.05, 0.1) is 17.2 Å². The van der Waals surface area contributed by atoms with Crippen molar-refractivity contribution in [2.24, 2.45) is 0 Å². The van der Waals surface area contributed by atoms with Gasteiger partial charge in [-0.1, -0.05) is 0 Å². The summed E-state index contributed by atoms with van der Waals surface area (Å²) in [5, 5.41) is 8.86. The number of furan rings is 1. The molecular weight excluding hydrogens is 266 g/mol. The molecule has 0 aliphatic carbocycles. The van der Waals surface area contributed by atoms with Crippen LogP contribution in [0.25, 0.3) is 0 Å². The lowest BCUT2D eigenvalue weighted by Crippen LogP contribution is -2.44. The topological polar surface area (TPSA) is 70.8 Å². The van der Waals surface area contributed by atoms with Gasteiger partial charge in [-0.05, 0) is 24.6 Å². The lowest BCUT2D eigenvalue weighted by atomic mass is 10.2. The van der Waals surface area contributed by atoms with Crippen molar-refractivity contribution in [1.82, 2.24) is 4.90 Å². The zero-order valence-corrected chi connectivity index (χ0v) is 10.5. The summed E-state index contributed by atoms with van der Waals surface area (Å²) >= 11 is 7.14. The molecule has 1 aromatic heterocycles. The van der Waals surface area contributed by atoms with Crippen LogP contribution in [0.5, 0.6) is 0 Å². The van der Waals surface area contributed by atoms with Gasteiger partial charge in [-0.2, -0.15) is 0 Å². The predicted octanol–water partition coefficient (Wildman–Crippen LogP) is 1.92. The molecule has 1 N–H and O–H groups in total. The summed E-state index contributed by atoms with van der Waals surface area (Å²) < 4.78 is 4.84. The second-order valence-electron chi connectivity index (χ2n) is 3.61. The van der Waals surface area contributed by atoms with Crippen LogP contribution in [0.15, 0.2) is 16.7 Å². The third kappa shape index (κ3) is 2.14. The maximum absolute atomic E-state index is 12.2. The Kier molecular flexibility index (Phi) is 3.35. The van der Waals surface area contributed by atoms with Crippen molar-refractivity contribution in [3.63, 3.8) is 0 Å². The van der Waals surface area contributed by atoms with Gasteiger partial charge in [0.25, 0.3) is 5.91 Å².